The maximum Gasteiger partial charge on any atom is 0.231 e. The van der Waals surface area contributed by atoms with Gasteiger partial charge in [0.2, 0.25) is 5.91 Å². The maximum absolute atomic E-state index is 12.0. The van der Waals surface area contributed by atoms with Gasteiger partial charge < -0.3 is 5.32 Å². The van der Waals surface area contributed by atoms with E-state index in [1.807, 2.05) is 36.7 Å². The van der Waals surface area contributed by atoms with Crippen LogP contribution in [0.25, 0.3) is 9.88 Å². The van der Waals surface area contributed by atoms with Crippen LogP contribution in [0.1, 0.15) is 17.0 Å². The van der Waals surface area contributed by atoms with Crippen molar-refractivity contribution in [3.05, 3.63) is 39.8 Å². The van der Waals surface area contributed by atoms with Crippen LogP contribution in [0.4, 0.5) is 5.82 Å². The van der Waals surface area contributed by atoms with Gasteiger partial charge in [0.15, 0.2) is 5.82 Å². The predicted octanol–water partition coefficient (Wildman–Crippen LogP) is 3.39. The molecule has 5 nitrogen and oxygen atoms in total. The standard InChI is InChI=1S/C14H14N4OS2/c1-8-9(2)17-18-13(8)16-12(19)6-10-7-21-14(15-10)11-4-3-5-20-11/h3-5,7H,6H2,1-2H3,(H2,16,17,18,19). The van der Waals surface area contributed by atoms with Gasteiger partial charge in [-0.05, 0) is 25.3 Å². The molecular formula is C14H14N4OS2. The first-order valence-electron chi connectivity index (χ1n) is 6.43. The summed E-state index contributed by atoms with van der Waals surface area (Å²) in [5.74, 6) is 0.485. The monoisotopic (exact) mass is 318 g/mol. The van der Waals surface area contributed by atoms with Crippen molar-refractivity contribution in [2.45, 2.75) is 20.3 Å². The van der Waals surface area contributed by atoms with Gasteiger partial charge in [-0.2, -0.15) is 5.10 Å². The second-order valence-corrected chi connectivity index (χ2v) is 6.47. The fraction of sp³-hybridized carbons (Fsp3) is 0.214. The Hall–Kier alpha value is -1.99. The van der Waals surface area contributed by atoms with E-state index < -0.39 is 0 Å². The molecule has 0 aromatic carbocycles. The molecule has 3 aromatic heterocycles. The minimum Gasteiger partial charge on any atom is -0.309 e. The van der Waals surface area contributed by atoms with Gasteiger partial charge in [0, 0.05) is 16.6 Å². The number of H-pyrrole nitrogens is 1. The fourth-order valence-corrected chi connectivity index (χ4v) is 3.48. The molecule has 0 bridgehead atoms. The predicted molar refractivity (Wildman–Crippen MR) is 85.8 cm³/mol. The van der Waals surface area contributed by atoms with Gasteiger partial charge in [-0.25, -0.2) is 4.98 Å². The van der Waals surface area contributed by atoms with Crippen LogP contribution in [0.15, 0.2) is 22.9 Å². The molecule has 7 heteroatoms. The van der Waals surface area contributed by atoms with Crippen molar-refractivity contribution in [3.63, 3.8) is 0 Å². The van der Waals surface area contributed by atoms with Crippen LogP contribution in [0.5, 0.6) is 0 Å². The number of carbonyl (C=O) groups excluding carboxylic acids is 1. The molecule has 2 N–H and O–H groups in total. The first-order valence-corrected chi connectivity index (χ1v) is 8.19. The molecule has 0 aliphatic carbocycles. The molecule has 3 rings (SSSR count). The lowest BCUT2D eigenvalue weighted by molar-refractivity contribution is -0.115. The van der Waals surface area contributed by atoms with Gasteiger partial charge in [0.1, 0.15) is 5.01 Å². The summed E-state index contributed by atoms with van der Waals surface area (Å²) < 4.78 is 0. The number of hydrogen-bond donors (Lipinski definition) is 2. The lowest BCUT2D eigenvalue weighted by Gasteiger charge is -2.01. The van der Waals surface area contributed by atoms with Crippen molar-refractivity contribution >= 4 is 34.4 Å². The topological polar surface area (TPSA) is 70.7 Å². The van der Waals surface area contributed by atoms with Crippen molar-refractivity contribution in [1.29, 1.82) is 0 Å². The summed E-state index contributed by atoms with van der Waals surface area (Å²) in [6.45, 7) is 3.85. The number of aromatic amines is 1. The van der Waals surface area contributed by atoms with Crippen molar-refractivity contribution in [2.75, 3.05) is 5.32 Å². The molecule has 1 amide bonds. The van der Waals surface area contributed by atoms with Gasteiger partial charge in [0.05, 0.1) is 17.0 Å². The molecule has 21 heavy (non-hydrogen) atoms. The van der Waals surface area contributed by atoms with Crippen LogP contribution in [0.3, 0.4) is 0 Å². The van der Waals surface area contributed by atoms with E-state index in [1.54, 1.807) is 22.7 Å². The zero-order valence-electron chi connectivity index (χ0n) is 11.6. The van der Waals surface area contributed by atoms with Crippen LogP contribution >= 0.6 is 22.7 Å². The van der Waals surface area contributed by atoms with Crippen molar-refractivity contribution in [3.8, 4) is 9.88 Å². The van der Waals surface area contributed by atoms with E-state index in [9.17, 15) is 4.79 Å². The summed E-state index contributed by atoms with van der Waals surface area (Å²) >= 11 is 3.21. The van der Waals surface area contributed by atoms with E-state index in [2.05, 4.69) is 20.5 Å². The molecule has 0 radical (unpaired) electrons. The molecule has 3 heterocycles. The second kappa shape index (κ2) is 5.79. The molecule has 0 aliphatic heterocycles. The number of rotatable bonds is 4. The normalized spacial score (nSPS) is 10.8. The maximum atomic E-state index is 12.0. The Kier molecular flexibility index (Phi) is 3.85. The molecule has 0 fully saturated rings. The Labute approximate surface area is 130 Å². The first-order chi connectivity index (χ1) is 10.1. The smallest absolute Gasteiger partial charge is 0.231 e. The van der Waals surface area contributed by atoms with Gasteiger partial charge in [-0.1, -0.05) is 6.07 Å². The molecule has 0 spiro atoms. The number of amides is 1. The molecule has 0 unspecified atom stereocenters. The van der Waals surface area contributed by atoms with Crippen LogP contribution in [-0.2, 0) is 11.2 Å². The van der Waals surface area contributed by atoms with Gasteiger partial charge in [0.25, 0.3) is 0 Å². The van der Waals surface area contributed by atoms with Gasteiger partial charge in [-0.15, -0.1) is 22.7 Å². The van der Waals surface area contributed by atoms with E-state index >= 15 is 0 Å². The number of aromatic nitrogens is 3. The number of anilines is 1. The third-order valence-electron chi connectivity index (χ3n) is 3.14. The number of hydrogen-bond acceptors (Lipinski definition) is 5. The zero-order valence-corrected chi connectivity index (χ0v) is 13.3. The highest BCUT2D eigenvalue weighted by atomic mass is 32.1. The Balaban J connectivity index is 1.67. The van der Waals surface area contributed by atoms with E-state index in [0.29, 0.717) is 5.82 Å². The number of nitrogens with one attached hydrogen (secondary N) is 2. The van der Waals surface area contributed by atoms with E-state index in [4.69, 9.17) is 0 Å². The molecule has 0 saturated heterocycles. The zero-order chi connectivity index (χ0) is 14.8. The summed E-state index contributed by atoms with van der Waals surface area (Å²) in [7, 11) is 0. The first kappa shape index (κ1) is 14.0. The van der Waals surface area contributed by atoms with Crippen molar-refractivity contribution in [2.24, 2.45) is 0 Å². The highest BCUT2D eigenvalue weighted by Crippen LogP contribution is 2.28. The molecule has 108 valence electrons. The lowest BCUT2D eigenvalue weighted by Crippen LogP contribution is -2.15. The molecule has 3 aromatic rings. The highest BCUT2D eigenvalue weighted by Gasteiger charge is 2.12. The molecule has 0 saturated carbocycles. The Bertz CT molecular complexity index is 758. The number of thiophene rings is 1. The Morgan fingerprint density at radius 3 is 2.90 bits per heavy atom. The van der Waals surface area contributed by atoms with Crippen LogP contribution < -0.4 is 5.32 Å². The van der Waals surface area contributed by atoms with E-state index in [-0.39, 0.29) is 12.3 Å². The van der Waals surface area contributed by atoms with Crippen LogP contribution in [-0.4, -0.2) is 21.1 Å². The van der Waals surface area contributed by atoms with Crippen molar-refractivity contribution < 1.29 is 4.79 Å². The third-order valence-corrected chi connectivity index (χ3v) is 5.07. The van der Waals surface area contributed by atoms with Gasteiger partial charge in [-0.3, -0.25) is 9.89 Å². The van der Waals surface area contributed by atoms with E-state index in [0.717, 1.165) is 26.8 Å². The minimum absolute atomic E-state index is 0.104. The molecule has 0 aliphatic rings. The average molecular weight is 318 g/mol. The summed E-state index contributed by atoms with van der Waals surface area (Å²) in [6.07, 6.45) is 0.257. The number of carbonyl (C=O) groups is 1. The van der Waals surface area contributed by atoms with Crippen LogP contribution in [0, 0.1) is 13.8 Å². The third kappa shape index (κ3) is 3.03. The summed E-state index contributed by atoms with van der Waals surface area (Å²) in [4.78, 5) is 17.7. The average Bonchev–Trinajstić information content (AvgIpc) is 3.16. The quantitative estimate of drug-likeness (QED) is 0.774. The highest BCUT2D eigenvalue weighted by molar-refractivity contribution is 7.20. The van der Waals surface area contributed by atoms with Gasteiger partial charge >= 0.3 is 0 Å². The lowest BCUT2D eigenvalue weighted by atomic mass is 10.2. The number of nitrogens with zero attached hydrogens (tertiary/aromatic N) is 2. The number of thiazole rings is 1. The van der Waals surface area contributed by atoms with E-state index in [1.165, 1.54) is 0 Å². The Morgan fingerprint density at radius 2 is 2.24 bits per heavy atom. The molecule has 0 atom stereocenters. The Morgan fingerprint density at radius 1 is 1.38 bits per heavy atom. The molecular weight excluding hydrogens is 304 g/mol. The fourth-order valence-electron chi connectivity index (χ4n) is 1.85. The van der Waals surface area contributed by atoms with Crippen molar-refractivity contribution in [1.82, 2.24) is 15.2 Å². The second-order valence-electron chi connectivity index (χ2n) is 4.67. The number of aryl methyl sites for hydroxylation is 1. The minimum atomic E-state index is -0.104. The summed E-state index contributed by atoms with van der Waals surface area (Å²) in [5.41, 5.74) is 2.70. The SMILES string of the molecule is Cc1[nH]nc(NC(=O)Cc2csc(-c3cccs3)n2)c1C. The summed E-state index contributed by atoms with van der Waals surface area (Å²) in [6, 6.07) is 4.03. The summed E-state index contributed by atoms with van der Waals surface area (Å²) in [5, 5.41) is 14.6. The van der Waals surface area contributed by atoms with Crippen LogP contribution in [0.2, 0.25) is 0 Å². The largest absolute Gasteiger partial charge is 0.309 e.